The van der Waals surface area contributed by atoms with Crippen LogP contribution in [-0.4, -0.2) is 45.0 Å². The number of carbonyl (C=O) groups excluding carboxylic acids is 2. The molecule has 2 aliphatic heterocycles. The van der Waals surface area contributed by atoms with Crippen LogP contribution in [0.5, 0.6) is 11.5 Å². The van der Waals surface area contributed by atoms with Gasteiger partial charge in [-0.2, -0.15) is 15.1 Å². The normalized spacial score (nSPS) is 15.9. The van der Waals surface area contributed by atoms with Gasteiger partial charge in [-0.1, -0.05) is 23.7 Å². The number of nitrogens with one attached hydrogen (secondary N) is 1. The van der Waals surface area contributed by atoms with Gasteiger partial charge in [0, 0.05) is 18.0 Å². The first kappa shape index (κ1) is 24.3. The van der Waals surface area contributed by atoms with E-state index in [1.165, 1.54) is 48.5 Å². The Hall–Kier alpha value is -4.35. The molecule has 0 spiro atoms. The molecule has 3 heterocycles. The van der Waals surface area contributed by atoms with E-state index < -0.39 is 17.7 Å². The molecule has 3 aromatic rings. The van der Waals surface area contributed by atoms with Crippen molar-refractivity contribution in [3.05, 3.63) is 94.0 Å². The number of pyridine rings is 1. The van der Waals surface area contributed by atoms with E-state index in [1.54, 1.807) is 18.5 Å². The summed E-state index contributed by atoms with van der Waals surface area (Å²) in [6, 6.07) is 11.8. The lowest BCUT2D eigenvalue weighted by atomic mass is 10.1. The first-order valence-corrected chi connectivity index (χ1v) is 11.8. The number of carbonyl (C=O) groups is 2. The number of aromatic nitrogens is 1. The van der Waals surface area contributed by atoms with Crippen LogP contribution in [0, 0.1) is 11.2 Å². The Balaban J connectivity index is 1.44. The summed E-state index contributed by atoms with van der Waals surface area (Å²) in [6.45, 7) is 0. The number of hydrazone groups is 1. The summed E-state index contributed by atoms with van der Waals surface area (Å²) < 4.78 is 24.6. The highest BCUT2D eigenvalue weighted by Gasteiger charge is 2.36. The maximum atomic E-state index is 14.0. The van der Waals surface area contributed by atoms with Gasteiger partial charge in [0.25, 0.3) is 5.91 Å². The molecule has 0 fully saturated rings. The molecule has 2 aromatic carbocycles. The number of esters is 1. The lowest BCUT2D eigenvalue weighted by Gasteiger charge is -2.20. The van der Waals surface area contributed by atoms with Gasteiger partial charge < -0.3 is 9.47 Å². The monoisotopic (exact) mass is 535 g/mol. The number of hydrogen-bond acceptors (Lipinski definition) is 8. The predicted molar refractivity (Wildman–Crippen MR) is 138 cm³/mol. The average Bonchev–Trinajstić information content (AvgIpc) is 3.32. The van der Waals surface area contributed by atoms with E-state index in [9.17, 15) is 14.0 Å². The van der Waals surface area contributed by atoms with Crippen LogP contribution in [0.15, 0.2) is 76.6 Å². The van der Waals surface area contributed by atoms with Crippen molar-refractivity contribution in [3.63, 3.8) is 0 Å². The Morgan fingerprint density at radius 1 is 1.22 bits per heavy atom. The standard InChI is InChI=1S/C25H15ClFN5O4S/c1-35-19-11-13(10-17(26)20(19)36-24(34)15-6-2-3-7-18(15)27)9-16-21(28)32-25(30-22(16)33)37-23(31-32)14-5-4-8-29-12-14/h2-12,28H,1H3/b16-9-,28-21?. The van der Waals surface area contributed by atoms with E-state index in [1.807, 2.05) is 6.07 Å². The van der Waals surface area contributed by atoms with Crippen LogP contribution >= 0.6 is 23.4 Å². The summed E-state index contributed by atoms with van der Waals surface area (Å²) in [5.41, 5.74) is 0.807. The summed E-state index contributed by atoms with van der Waals surface area (Å²) in [5.74, 6) is -2.55. The van der Waals surface area contributed by atoms with Crippen LogP contribution in [0.1, 0.15) is 21.5 Å². The molecule has 0 radical (unpaired) electrons. The Bertz CT molecular complexity index is 1560. The fourth-order valence-corrected chi connectivity index (χ4v) is 4.60. The second-order valence-corrected chi connectivity index (χ2v) is 8.93. The molecule has 1 amide bonds. The van der Waals surface area contributed by atoms with Gasteiger partial charge in [-0.15, -0.1) is 0 Å². The zero-order valence-electron chi connectivity index (χ0n) is 18.9. The molecule has 12 heteroatoms. The van der Waals surface area contributed by atoms with Crippen LogP contribution in [-0.2, 0) is 4.79 Å². The molecule has 184 valence electrons. The van der Waals surface area contributed by atoms with E-state index in [-0.39, 0.29) is 38.7 Å². The van der Waals surface area contributed by atoms with Gasteiger partial charge in [0.1, 0.15) is 10.9 Å². The Kier molecular flexibility index (Phi) is 6.55. The average molecular weight is 536 g/mol. The highest BCUT2D eigenvalue weighted by Crippen LogP contribution is 2.38. The minimum absolute atomic E-state index is 0.0246. The molecule has 2 aliphatic rings. The third-order valence-corrected chi connectivity index (χ3v) is 6.45. The lowest BCUT2D eigenvalue weighted by molar-refractivity contribution is -0.114. The summed E-state index contributed by atoms with van der Waals surface area (Å²) >= 11 is 7.52. The van der Waals surface area contributed by atoms with E-state index in [0.717, 1.165) is 23.4 Å². The van der Waals surface area contributed by atoms with E-state index in [4.69, 9.17) is 26.5 Å². The topological polar surface area (TPSA) is 117 Å². The molecule has 5 rings (SSSR count). The highest BCUT2D eigenvalue weighted by molar-refractivity contribution is 8.27. The molecule has 0 atom stereocenters. The molecular formula is C25H15ClFN5O4S. The number of amides is 1. The number of rotatable bonds is 5. The molecule has 9 nitrogen and oxygen atoms in total. The largest absolute Gasteiger partial charge is 0.493 e. The number of methoxy groups -OCH3 is 1. The van der Waals surface area contributed by atoms with Gasteiger partial charge in [0.2, 0.25) is 5.17 Å². The maximum absolute atomic E-state index is 14.0. The van der Waals surface area contributed by atoms with Crippen LogP contribution < -0.4 is 9.47 Å². The summed E-state index contributed by atoms with van der Waals surface area (Å²) in [4.78, 5) is 33.4. The van der Waals surface area contributed by atoms with Crippen LogP contribution in [0.2, 0.25) is 5.02 Å². The molecule has 1 aromatic heterocycles. The maximum Gasteiger partial charge on any atom is 0.346 e. The van der Waals surface area contributed by atoms with Crippen molar-refractivity contribution in [2.45, 2.75) is 0 Å². The SMILES string of the molecule is COc1cc(/C=C2/C(=N)N3N=C(c4cccnc4)SC3=NC2=O)cc(Cl)c1OC(=O)c1ccccc1F. The number of fused-ring (bicyclic) bond motifs is 1. The summed E-state index contributed by atoms with van der Waals surface area (Å²) in [7, 11) is 1.34. The Morgan fingerprint density at radius 3 is 2.76 bits per heavy atom. The van der Waals surface area contributed by atoms with Crippen molar-refractivity contribution in [2.24, 2.45) is 10.1 Å². The zero-order chi connectivity index (χ0) is 26.1. The molecule has 0 unspecified atom stereocenters. The zero-order valence-corrected chi connectivity index (χ0v) is 20.5. The lowest BCUT2D eigenvalue weighted by Crippen LogP contribution is -2.35. The van der Waals surface area contributed by atoms with Crippen LogP contribution in [0.3, 0.4) is 0 Å². The van der Waals surface area contributed by atoms with Crippen LogP contribution in [0.4, 0.5) is 4.39 Å². The molecule has 0 saturated heterocycles. The van der Waals surface area contributed by atoms with Gasteiger partial charge in [0.05, 0.1) is 23.3 Å². The molecule has 0 saturated carbocycles. The third-order valence-electron chi connectivity index (χ3n) is 5.21. The number of hydrogen-bond donors (Lipinski definition) is 1. The fraction of sp³-hybridized carbons (Fsp3) is 0.0400. The first-order valence-electron chi connectivity index (χ1n) is 10.6. The van der Waals surface area contributed by atoms with E-state index in [2.05, 4.69) is 15.1 Å². The van der Waals surface area contributed by atoms with Gasteiger partial charge in [0.15, 0.2) is 17.3 Å². The van der Waals surface area contributed by atoms with Gasteiger partial charge in [-0.25, -0.2) is 9.18 Å². The summed E-state index contributed by atoms with van der Waals surface area (Å²) in [5, 5.41) is 15.0. The summed E-state index contributed by atoms with van der Waals surface area (Å²) in [6.07, 6.45) is 4.67. The minimum Gasteiger partial charge on any atom is -0.493 e. The Labute approximate surface area is 218 Å². The van der Waals surface area contributed by atoms with E-state index in [0.29, 0.717) is 10.6 Å². The predicted octanol–water partition coefficient (Wildman–Crippen LogP) is 4.77. The Morgan fingerprint density at radius 2 is 2.03 bits per heavy atom. The molecular weight excluding hydrogens is 521 g/mol. The van der Waals surface area contributed by atoms with Gasteiger partial charge >= 0.3 is 5.97 Å². The smallest absolute Gasteiger partial charge is 0.346 e. The number of ether oxygens (including phenoxy) is 2. The molecule has 37 heavy (non-hydrogen) atoms. The number of thioether (sulfide) groups is 1. The minimum atomic E-state index is -0.954. The van der Waals surface area contributed by atoms with E-state index >= 15 is 0 Å². The number of halogens is 2. The number of benzene rings is 2. The highest BCUT2D eigenvalue weighted by atomic mass is 35.5. The third kappa shape index (κ3) is 4.74. The van der Waals surface area contributed by atoms with Crippen molar-refractivity contribution in [1.29, 1.82) is 5.41 Å². The number of amidine groups is 2. The second kappa shape index (κ2) is 9.96. The van der Waals surface area contributed by atoms with Crippen molar-refractivity contribution in [2.75, 3.05) is 7.11 Å². The molecule has 0 aliphatic carbocycles. The van der Waals surface area contributed by atoms with Crippen molar-refractivity contribution >= 4 is 57.4 Å². The molecule has 0 bridgehead atoms. The quantitative estimate of drug-likeness (QED) is 0.284. The molecule has 1 N–H and O–H groups in total. The van der Waals surface area contributed by atoms with Gasteiger partial charge in [-0.3, -0.25) is 15.2 Å². The van der Waals surface area contributed by atoms with Crippen molar-refractivity contribution in [3.8, 4) is 11.5 Å². The number of aliphatic imine (C=N–C) groups is 1. The number of nitrogens with zero attached hydrogens (tertiary/aromatic N) is 4. The first-order chi connectivity index (χ1) is 17.9. The van der Waals surface area contributed by atoms with Gasteiger partial charge in [-0.05, 0) is 59.8 Å². The fourth-order valence-electron chi connectivity index (χ4n) is 3.46. The van der Waals surface area contributed by atoms with Crippen molar-refractivity contribution in [1.82, 2.24) is 9.99 Å². The van der Waals surface area contributed by atoms with Crippen LogP contribution in [0.25, 0.3) is 6.08 Å². The van der Waals surface area contributed by atoms with Crippen molar-refractivity contribution < 1.29 is 23.5 Å². The second-order valence-electron chi connectivity index (χ2n) is 7.57.